The van der Waals surface area contributed by atoms with Crippen molar-refractivity contribution < 1.29 is 22.7 Å². The van der Waals surface area contributed by atoms with Gasteiger partial charge in [-0.05, 0) is 17.7 Å². The molecule has 2 rings (SSSR count). The van der Waals surface area contributed by atoms with Crippen LogP contribution < -0.4 is 0 Å². The first-order valence-corrected chi connectivity index (χ1v) is 4.89. The second-order valence-corrected chi connectivity index (χ2v) is 4.17. The average Bonchev–Trinajstić information content (AvgIpc) is 2.11. The Morgan fingerprint density at radius 2 is 1.62 bits per heavy atom. The van der Waals surface area contributed by atoms with Gasteiger partial charge in [0.2, 0.25) is 5.92 Å². The van der Waals surface area contributed by atoms with Crippen LogP contribution in [-0.2, 0) is 0 Å². The van der Waals surface area contributed by atoms with E-state index in [0.717, 1.165) is 12.1 Å². The van der Waals surface area contributed by atoms with Crippen LogP contribution in [0.2, 0.25) is 0 Å². The Labute approximate surface area is 89.7 Å². The zero-order chi connectivity index (χ0) is 11.9. The summed E-state index contributed by atoms with van der Waals surface area (Å²) < 4.78 is 50.8. The first-order valence-electron chi connectivity index (χ1n) is 4.89. The lowest BCUT2D eigenvalue weighted by atomic mass is 9.75. The topological polar surface area (TPSA) is 20.2 Å². The average molecular weight is 234 g/mol. The first-order chi connectivity index (χ1) is 7.37. The third-order valence-electron chi connectivity index (χ3n) is 2.79. The smallest absolute Gasteiger partial charge is 0.248 e. The summed E-state index contributed by atoms with van der Waals surface area (Å²) in [6, 6.07) is 2.60. The Bertz CT molecular complexity index is 377. The molecule has 1 aromatic carbocycles. The Morgan fingerprint density at radius 3 is 2.06 bits per heavy atom. The number of aliphatic hydroxyl groups excluding tert-OH is 1. The Hall–Kier alpha value is -1.10. The molecule has 0 heterocycles. The number of benzene rings is 1. The summed E-state index contributed by atoms with van der Waals surface area (Å²) in [5.74, 6) is -5.02. The van der Waals surface area contributed by atoms with Crippen LogP contribution in [0.5, 0.6) is 0 Å². The molecule has 1 N–H and O–H groups in total. The van der Waals surface area contributed by atoms with E-state index in [1.54, 1.807) is 0 Å². The van der Waals surface area contributed by atoms with E-state index in [1.807, 2.05) is 0 Å². The van der Waals surface area contributed by atoms with E-state index < -0.39 is 42.4 Å². The van der Waals surface area contributed by atoms with Gasteiger partial charge in [0.25, 0.3) is 0 Å². The van der Waals surface area contributed by atoms with Gasteiger partial charge >= 0.3 is 0 Å². The summed E-state index contributed by atoms with van der Waals surface area (Å²) in [4.78, 5) is 0. The highest BCUT2D eigenvalue weighted by Gasteiger charge is 2.48. The van der Waals surface area contributed by atoms with Gasteiger partial charge in [0.15, 0.2) is 0 Å². The van der Waals surface area contributed by atoms with E-state index in [4.69, 9.17) is 0 Å². The molecular formula is C11H10F4O. The maximum atomic E-state index is 12.8. The summed E-state index contributed by atoms with van der Waals surface area (Å²) >= 11 is 0. The van der Waals surface area contributed by atoms with Crippen molar-refractivity contribution in [2.75, 3.05) is 0 Å². The predicted molar refractivity (Wildman–Crippen MR) is 49.0 cm³/mol. The number of aliphatic hydroxyl groups is 1. The molecule has 0 spiro atoms. The van der Waals surface area contributed by atoms with Crippen molar-refractivity contribution in [2.45, 2.75) is 24.9 Å². The van der Waals surface area contributed by atoms with Gasteiger partial charge in [-0.15, -0.1) is 0 Å². The van der Waals surface area contributed by atoms with Crippen LogP contribution in [0.25, 0.3) is 0 Å². The van der Waals surface area contributed by atoms with Gasteiger partial charge in [0, 0.05) is 24.8 Å². The Balaban J connectivity index is 2.13. The number of alkyl halides is 2. The van der Waals surface area contributed by atoms with E-state index in [0.29, 0.717) is 6.07 Å². The minimum absolute atomic E-state index is 0.0120. The van der Waals surface area contributed by atoms with E-state index >= 15 is 0 Å². The zero-order valence-electron chi connectivity index (χ0n) is 8.26. The lowest BCUT2D eigenvalue weighted by molar-refractivity contribution is -0.142. The van der Waals surface area contributed by atoms with Gasteiger partial charge in [-0.25, -0.2) is 17.6 Å². The summed E-state index contributed by atoms with van der Waals surface area (Å²) in [6.07, 6.45) is -2.11. The van der Waals surface area contributed by atoms with Crippen molar-refractivity contribution in [1.29, 1.82) is 0 Å². The summed E-state index contributed by atoms with van der Waals surface area (Å²) in [5, 5.41) is 9.65. The van der Waals surface area contributed by atoms with Crippen molar-refractivity contribution in [1.82, 2.24) is 0 Å². The van der Waals surface area contributed by atoms with Crippen LogP contribution in [-0.4, -0.2) is 11.0 Å². The van der Waals surface area contributed by atoms with Crippen molar-refractivity contribution in [2.24, 2.45) is 5.92 Å². The molecule has 0 aromatic heterocycles. The summed E-state index contributed by atoms with van der Waals surface area (Å²) in [6.45, 7) is 0. The predicted octanol–water partition coefficient (Wildman–Crippen LogP) is 3.04. The lowest BCUT2D eigenvalue weighted by Gasteiger charge is -2.38. The number of halogens is 4. The van der Waals surface area contributed by atoms with Crippen molar-refractivity contribution in [3.63, 3.8) is 0 Å². The number of hydrogen-bond donors (Lipinski definition) is 1. The Kier molecular flexibility index (Phi) is 2.66. The van der Waals surface area contributed by atoms with E-state index in [2.05, 4.69) is 0 Å². The molecule has 1 aliphatic carbocycles. The van der Waals surface area contributed by atoms with Gasteiger partial charge in [-0.1, -0.05) is 0 Å². The fourth-order valence-electron chi connectivity index (χ4n) is 1.95. The maximum absolute atomic E-state index is 12.8. The molecule has 0 saturated heterocycles. The first kappa shape index (κ1) is 11.4. The van der Waals surface area contributed by atoms with Gasteiger partial charge in [0.1, 0.15) is 11.6 Å². The van der Waals surface area contributed by atoms with Crippen LogP contribution in [0.3, 0.4) is 0 Å². The van der Waals surface area contributed by atoms with Gasteiger partial charge in [0.05, 0.1) is 6.10 Å². The van der Waals surface area contributed by atoms with E-state index in [-0.39, 0.29) is 5.56 Å². The van der Waals surface area contributed by atoms with Gasteiger partial charge in [-0.3, -0.25) is 0 Å². The molecule has 5 heteroatoms. The fraction of sp³-hybridized carbons (Fsp3) is 0.455. The maximum Gasteiger partial charge on any atom is 0.248 e. The third kappa shape index (κ3) is 2.19. The largest absolute Gasteiger partial charge is 0.388 e. The molecule has 0 amide bonds. The molecule has 1 nitrogen and oxygen atoms in total. The molecule has 1 atom stereocenters. The molecule has 0 radical (unpaired) electrons. The highest BCUT2D eigenvalue weighted by molar-refractivity contribution is 5.21. The number of hydrogen-bond acceptors (Lipinski definition) is 1. The molecule has 1 unspecified atom stereocenters. The van der Waals surface area contributed by atoms with Crippen LogP contribution in [0.4, 0.5) is 17.6 Å². The Morgan fingerprint density at radius 1 is 1.12 bits per heavy atom. The molecule has 1 fully saturated rings. The fourth-order valence-corrected chi connectivity index (χ4v) is 1.95. The van der Waals surface area contributed by atoms with E-state index in [1.165, 1.54) is 0 Å². The normalized spacial score (nSPS) is 21.6. The molecule has 88 valence electrons. The zero-order valence-corrected chi connectivity index (χ0v) is 8.26. The minimum atomic E-state index is -2.75. The van der Waals surface area contributed by atoms with Crippen LogP contribution >= 0.6 is 0 Å². The van der Waals surface area contributed by atoms with Crippen LogP contribution in [0.15, 0.2) is 18.2 Å². The lowest BCUT2D eigenvalue weighted by Crippen LogP contribution is -2.38. The van der Waals surface area contributed by atoms with Gasteiger partial charge in [-0.2, -0.15) is 0 Å². The van der Waals surface area contributed by atoms with Crippen molar-refractivity contribution >= 4 is 0 Å². The third-order valence-corrected chi connectivity index (χ3v) is 2.79. The molecule has 1 saturated carbocycles. The molecule has 0 bridgehead atoms. The summed E-state index contributed by atoms with van der Waals surface area (Å²) in [7, 11) is 0. The molecule has 0 aliphatic heterocycles. The molecule has 16 heavy (non-hydrogen) atoms. The highest BCUT2D eigenvalue weighted by Crippen LogP contribution is 2.48. The van der Waals surface area contributed by atoms with E-state index in [9.17, 15) is 22.7 Å². The second-order valence-electron chi connectivity index (χ2n) is 4.17. The van der Waals surface area contributed by atoms with Crippen LogP contribution in [0, 0.1) is 17.6 Å². The number of rotatable bonds is 2. The highest BCUT2D eigenvalue weighted by atomic mass is 19.3. The monoisotopic (exact) mass is 234 g/mol. The molecule has 1 aromatic rings. The second kappa shape index (κ2) is 3.73. The van der Waals surface area contributed by atoms with Crippen LogP contribution in [0.1, 0.15) is 24.5 Å². The minimum Gasteiger partial charge on any atom is -0.388 e. The van der Waals surface area contributed by atoms with Crippen molar-refractivity contribution in [3.8, 4) is 0 Å². The summed E-state index contributed by atoms with van der Waals surface area (Å²) in [5.41, 5.74) is 0.0120. The quantitative estimate of drug-likeness (QED) is 0.780. The van der Waals surface area contributed by atoms with Gasteiger partial charge < -0.3 is 5.11 Å². The molecular weight excluding hydrogens is 224 g/mol. The standard InChI is InChI=1S/C11H10F4O/c12-8-1-6(2-9(13)3-8)10(16)7-4-11(14,15)5-7/h1-3,7,10,16H,4-5H2. The van der Waals surface area contributed by atoms with Crippen molar-refractivity contribution in [3.05, 3.63) is 35.4 Å². The molecule has 1 aliphatic rings. The SMILES string of the molecule is OC(c1cc(F)cc(F)c1)C1CC(F)(F)C1.